The number of hydrogen-bond donors (Lipinski definition) is 0. The summed E-state index contributed by atoms with van der Waals surface area (Å²) in [6, 6.07) is 10.7. The Morgan fingerprint density at radius 3 is 2.67 bits per heavy atom. The molecule has 2 fully saturated rings. The Labute approximate surface area is 163 Å². The van der Waals surface area contributed by atoms with E-state index >= 15 is 0 Å². The van der Waals surface area contributed by atoms with Gasteiger partial charge in [-0.3, -0.25) is 9.69 Å². The van der Waals surface area contributed by atoms with Gasteiger partial charge in [0, 0.05) is 26.7 Å². The Bertz CT molecular complexity index is 552. The Morgan fingerprint density at radius 1 is 1.19 bits per heavy atom. The molecular weight excluding hydrogens is 340 g/mol. The lowest BCUT2D eigenvalue weighted by Crippen LogP contribution is -2.40. The van der Waals surface area contributed by atoms with Crippen molar-refractivity contribution in [3.63, 3.8) is 0 Å². The van der Waals surface area contributed by atoms with Crippen molar-refractivity contribution in [2.24, 2.45) is 5.92 Å². The van der Waals surface area contributed by atoms with Crippen LogP contribution in [0.2, 0.25) is 0 Å². The molecule has 2 saturated heterocycles. The van der Waals surface area contributed by atoms with Gasteiger partial charge in [0.05, 0.1) is 12.7 Å². The molecule has 0 aliphatic carbocycles. The number of piperidine rings is 1. The number of carbonyl (C=O) groups excluding carboxylic acids is 1. The predicted octanol–water partition coefficient (Wildman–Crippen LogP) is 2.94. The fraction of sp³-hybridized carbons (Fsp3) is 0.682. The molecule has 2 aliphatic heterocycles. The van der Waals surface area contributed by atoms with Crippen molar-refractivity contribution in [2.75, 3.05) is 46.5 Å². The van der Waals surface area contributed by atoms with E-state index in [4.69, 9.17) is 9.47 Å². The third-order valence-electron chi connectivity index (χ3n) is 5.72. The molecular formula is C22H34N2O3. The SMILES string of the molecule is CN(CC1CCN(Cc2ccccc2)CC1)C(=O)COC[C@@H]1CCCCO1. The molecule has 0 saturated carbocycles. The molecule has 1 aromatic carbocycles. The van der Waals surface area contributed by atoms with Gasteiger partial charge in [0.25, 0.3) is 0 Å². The van der Waals surface area contributed by atoms with Gasteiger partial charge >= 0.3 is 0 Å². The van der Waals surface area contributed by atoms with Gasteiger partial charge in [-0.1, -0.05) is 30.3 Å². The lowest BCUT2D eigenvalue weighted by Gasteiger charge is -2.34. The third kappa shape index (κ3) is 6.91. The largest absolute Gasteiger partial charge is 0.376 e. The van der Waals surface area contributed by atoms with Crippen molar-refractivity contribution in [3.8, 4) is 0 Å². The average Bonchev–Trinajstić information content (AvgIpc) is 2.71. The molecule has 27 heavy (non-hydrogen) atoms. The normalized spacial score (nSPS) is 21.9. The summed E-state index contributed by atoms with van der Waals surface area (Å²) in [4.78, 5) is 16.7. The van der Waals surface area contributed by atoms with Gasteiger partial charge in [-0.25, -0.2) is 0 Å². The molecule has 0 bridgehead atoms. The summed E-state index contributed by atoms with van der Waals surface area (Å²) in [5, 5.41) is 0. The second kappa shape index (κ2) is 10.8. The number of hydrogen-bond acceptors (Lipinski definition) is 4. The second-order valence-electron chi connectivity index (χ2n) is 7.98. The summed E-state index contributed by atoms with van der Waals surface area (Å²) in [6.45, 7) is 5.61. The van der Waals surface area contributed by atoms with Crippen LogP contribution in [-0.4, -0.2) is 68.3 Å². The number of likely N-dealkylation sites (tertiary alicyclic amines) is 1. The van der Waals surface area contributed by atoms with Crippen LogP contribution in [0.25, 0.3) is 0 Å². The second-order valence-corrected chi connectivity index (χ2v) is 7.98. The molecule has 5 nitrogen and oxygen atoms in total. The lowest BCUT2D eigenvalue weighted by molar-refractivity contribution is -0.137. The molecule has 2 heterocycles. The Kier molecular flexibility index (Phi) is 8.11. The quantitative estimate of drug-likeness (QED) is 0.702. The van der Waals surface area contributed by atoms with Crippen molar-refractivity contribution >= 4 is 5.91 Å². The van der Waals surface area contributed by atoms with Crippen LogP contribution in [0.1, 0.15) is 37.7 Å². The van der Waals surface area contributed by atoms with Crippen molar-refractivity contribution in [2.45, 2.75) is 44.8 Å². The van der Waals surface area contributed by atoms with E-state index in [0.29, 0.717) is 12.5 Å². The van der Waals surface area contributed by atoms with E-state index in [0.717, 1.165) is 58.5 Å². The van der Waals surface area contributed by atoms with E-state index in [2.05, 4.69) is 35.2 Å². The van der Waals surface area contributed by atoms with E-state index in [1.807, 2.05) is 11.9 Å². The first-order valence-electron chi connectivity index (χ1n) is 10.4. The number of rotatable bonds is 8. The van der Waals surface area contributed by atoms with Crippen molar-refractivity contribution in [3.05, 3.63) is 35.9 Å². The molecule has 0 N–H and O–H groups in total. The monoisotopic (exact) mass is 374 g/mol. The third-order valence-corrected chi connectivity index (χ3v) is 5.72. The topological polar surface area (TPSA) is 42.0 Å². The van der Waals surface area contributed by atoms with Crippen LogP contribution in [0.4, 0.5) is 0 Å². The number of benzene rings is 1. The Hall–Kier alpha value is -1.43. The summed E-state index contributed by atoms with van der Waals surface area (Å²) in [6.07, 6.45) is 5.87. The molecule has 5 heteroatoms. The minimum absolute atomic E-state index is 0.0810. The highest BCUT2D eigenvalue weighted by atomic mass is 16.5. The average molecular weight is 375 g/mol. The maximum atomic E-state index is 12.3. The molecule has 1 aromatic rings. The highest BCUT2D eigenvalue weighted by molar-refractivity contribution is 5.77. The minimum atomic E-state index is 0.0810. The Morgan fingerprint density at radius 2 is 1.96 bits per heavy atom. The maximum absolute atomic E-state index is 12.3. The summed E-state index contributed by atoms with van der Waals surface area (Å²) < 4.78 is 11.2. The van der Waals surface area contributed by atoms with Crippen LogP contribution >= 0.6 is 0 Å². The zero-order chi connectivity index (χ0) is 18.9. The predicted molar refractivity (Wildman–Crippen MR) is 106 cm³/mol. The van der Waals surface area contributed by atoms with Crippen LogP contribution in [0.15, 0.2) is 30.3 Å². The van der Waals surface area contributed by atoms with E-state index < -0.39 is 0 Å². The minimum Gasteiger partial charge on any atom is -0.376 e. The van der Waals surface area contributed by atoms with Crippen molar-refractivity contribution in [1.82, 2.24) is 9.80 Å². The molecule has 2 aliphatic rings. The van der Waals surface area contributed by atoms with E-state index in [1.165, 1.54) is 12.0 Å². The number of ether oxygens (including phenoxy) is 2. The molecule has 3 rings (SSSR count). The molecule has 1 atom stereocenters. The van der Waals surface area contributed by atoms with Crippen LogP contribution in [0.5, 0.6) is 0 Å². The zero-order valence-corrected chi connectivity index (χ0v) is 16.6. The smallest absolute Gasteiger partial charge is 0.248 e. The zero-order valence-electron chi connectivity index (χ0n) is 16.6. The highest BCUT2D eigenvalue weighted by Gasteiger charge is 2.22. The lowest BCUT2D eigenvalue weighted by atomic mass is 9.96. The summed E-state index contributed by atoms with van der Waals surface area (Å²) in [5.41, 5.74) is 1.38. The molecule has 0 aromatic heterocycles. The van der Waals surface area contributed by atoms with Crippen LogP contribution in [-0.2, 0) is 20.8 Å². The maximum Gasteiger partial charge on any atom is 0.248 e. The van der Waals surface area contributed by atoms with Crippen LogP contribution in [0.3, 0.4) is 0 Å². The van der Waals surface area contributed by atoms with Gasteiger partial charge < -0.3 is 14.4 Å². The van der Waals surface area contributed by atoms with Crippen LogP contribution in [0, 0.1) is 5.92 Å². The fourth-order valence-electron chi connectivity index (χ4n) is 3.98. The van der Waals surface area contributed by atoms with Crippen molar-refractivity contribution < 1.29 is 14.3 Å². The molecule has 1 amide bonds. The first-order chi connectivity index (χ1) is 13.2. The standard InChI is InChI=1S/C22H34N2O3/c1-23(22(25)18-26-17-21-9-5-6-14-27-21)15-20-10-12-24(13-11-20)16-19-7-3-2-4-8-19/h2-4,7-8,20-21H,5-6,9-18H2,1H3/t21-/m0/s1. The van der Waals surface area contributed by atoms with Gasteiger partial charge in [-0.2, -0.15) is 0 Å². The van der Waals surface area contributed by atoms with Gasteiger partial charge in [0.1, 0.15) is 6.61 Å². The molecule has 0 radical (unpaired) electrons. The molecule has 0 spiro atoms. The fourth-order valence-corrected chi connectivity index (χ4v) is 3.98. The summed E-state index contributed by atoms with van der Waals surface area (Å²) in [5.74, 6) is 0.671. The first-order valence-corrected chi connectivity index (χ1v) is 10.4. The van der Waals surface area contributed by atoms with E-state index in [1.54, 1.807) is 0 Å². The van der Waals surface area contributed by atoms with Crippen LogP contribution < -0.4 is 0 Å². The number of likely N-dealkylation sites (N-methyl/N-ethyl adjacent to an activating group) is 1. The molecule has 0 unspecified atom stereocenters. The van der Waals surface area contributed by atoms with E-state index in [-0.39, 0.29) is 18.6 Å². The van der Waals surface area contributed by atoms with Gasteiger partial charge in [0.2, 0.25) is 5.91 Å². The van der Waals surface area contributed by atoms with Gasteiger partial charge in [-0.15, -0.1) is 0 Å². The van der Waals surface area contributed by atoms with E-state index in [9.17, 15) is 4.79 Å². The number of carbonyl (C=O) groups is 1. The summed E-state index contributed by atoms with van der Waals surface area (Å²) >= 11 is 0. The Balaban J connectivity index is 1.30. The summed E-state index contributed by atoms with van der Waals surface area (Å²) in [7, 11) is 1.90. The van der Waals surface area contributed by atoms with Gasteiger partial charge in [0.15, 0.2) is 0 Å². The number of nitrogens with zero attached hydrogens (tertiary/aromatic N) is 2. The molecule has 150 valence electrons. The first kappa shape index (κ1) is 20.3. The van der Waals surface area contributed by atoms with Gasteiger partial charge in [-0.05, 0) is 56.7 Å². The van der Waals surface area contributed by atoms with Crippen molar-refractivity contribution in [1.29, 1.82) is 0 Å². The highest BCUT2D eigenvalue weighted by Crippen LogP contribution is 2.20. The number of amides is 1.